The number of hydrogen-bond donors (Lipinski definition) is 1. The van der Waals surface area contributed by atoms with Gasteiger partial charge in [0.1, 0.15) is 0 Å². The second kappa shape index (κ2) is 7.56. The third kappa shape index (κ3) is 4.60. The fourth-order valence-corrected chi connectivity index (χ4v) is 4.05. The van der Waals surface area contributed by atoms with Crippen molar-refractivity contribution in [3.05, 3.63) is 28.7 Å². The number of nitrogens with one attached hydrogen (secondary N) is 1. The standard InChI is InChI=1S/C15H22BrNS/c1-12-5-4-6-13(11-12)17-9-10-18-15-8-3-2-7-14(15)16/h2-3,7-8,12-13,17H,4-6,9-11H2,1H3. The molecule has 1 aliphatic carbocycles. The summed E-state index contributed by atoms with van der Waals surface area (Å²) in [5, 5.41) is 3.71. The summed E-state index contributed by atoms with van der Waals surface area (Å²) in [6.45, 7) is 3.49. The van der Waals surface area contributed by atoms with Crippen LogP contribution in [0.25, 0.3) is 0 Å². The fourth-order valence-electron chi connectivity index (χ4n) is 2.61. The van der Waals surface area contributed by atoms with E-state index in [2.05, 4.69) is 52.4 Å². The molecule has 1 N–H and O–H groups in total. The SMILES string of the molecule is CC1CCCC(NCCSc2ccccc2Br)C1. The number of benzene rings is 1. The number of halogens is 1. The van der Waals surface area contributed by atoms with E-state index in [0.29, 0.717) is 0 Å². The van der Waals surface area contributed by atoms with E-state index in [1.54, 1.807) is 0 Å². The van der Waals surface area contributed by atoms with Crippen molar-refractivity contribution in [3.63, 3.8) is 0 Å². The van der Waals surface area contributed by atoms with Gasteiger partial charge in [-0.15, -0.1) is 11.8 Å². The van der Waals surface area contributed by atoms with Crippen molar-refractivity contribution in [2.24, 2.45) is 5.92 Å². The summed E-state index contributed by atoms with van der Waals surface area (Å²) >= 11 is 5.52. The molecule has 0 saturated heterocycles. The van der Waals surface area contributed by atoms with Gasteiger partial charge in [-0.2, -0.15) is 0 Å². The van der Waals surface area contributed by atoms with Gasteiger partial charge < -0.3 is 5.32 Å². The van der Waals surface area contributed by atoms with Crippen molar-refractivity contribution in [2.45, 2.75) is 43.5 Å². The van der Waals surface area contributed by atoms with Crippen LogP contribution in [-0.4, -0.2) is 18.3 Å². The van der Waals surface area contributed by atoms with Crippen molar-refractivity contribution in [2.75, 3.05) is 12.3 Å². The monoisotopic (exact) mass is 327 g/mol. The van der Waals surface area contributed by atoms with Gasteiger partial charge in [0.25, 0.3) is 0 Å². The average molecular weight is 328 g/mol. The van der Waals surface area contributed by atoms with Crippen molar-refractivity contribution in [1.29, 1.82) is 0 Å². The minimum absolute atomic E-state index is 0.758. The second-order valence-corrected chi connectivity index (χ2v) is 7.19. The Morgan fingerprint density at radius 3 is 2.94 bits per heavy atom. The molecule has 0 heterocycles. The van der Waals surface area contributed by atoms with Crippen LogP contribution >= 0.6 is 27.7 Å². The van der Waals surface area contributed by atoms with E-state index in [9.17, 15) is 0 Å². The lowest BCUT2D eigenvalue weighted by atomic mass is 9.87. The molecule has 0 amide bonds. The van der Waals surface area contributed by atoms with Gasteiger partial charge in [-0.25, -0.2) is 0 Å². The largest absolute Gasteiger partial charge is 0.313 e. The van der Waals surface area contributed by atoms with Crippen LogP contribution in [0.15, 0.2) is 33.6 Å². The summed E-state index contributed by atoms with van der Waals surface area (Å²) in [5.74, 6) is 2.06. The first-order chi connectivity index (χ1) is 8.75. The van der Waals surface area contributed by atoms with E-state index in [0.717, 1.165) is 24.3 Å². The molecule has 0 bridgehead atoms. The van der Waals surface area contributed by atoms with Gasteiger partial charge in [0.05, 0.1) is 0 Å². The summed E-state index contributed by atoms with van der Waals surface area (Å²) in [5.41, 5.74) is 0. The smallest absolute Gasteiger partial charge is 0.0311 e. The Morgan fingerprint density at radius 1 is 1.33 bits per heavy atom. The summed E-state index contributed by atoms with van der Waals surface area (Å²) in [6.07, 6.45) is 5.55. The van der Waals surface area contributed by atoms with E-state index in [-0.39, 0.29) is 0 Å². The highest BCUT2D eigenvalue weighted by Crippen LogP contribution is 2.27. The average Bonchev–Trinajstić information content (AvgIpc) is 2.37. The third-order valence-electron chi connectivity index (χ3n) is 3.57. The zero-order valence-corrected chi connectivity index (χ0v) is 13.4. The molecule has 0 spiro atoms. The van der Waals surface area contributed by atoms with Crippen LogP contribution in [0, 0.1) is 5.92 Å². The number of thioether (sulfide) groups is 1. The molecule has 0 aromatic heterocycles. The normalized spacial score (nSPS) is 24.1. The van der Waals surface area contributed by atoms with Gasteiger partial charge in [0, 0.05) is 27.7 Å². The van der Waals surface area contributed by atoms with Crippen molar-refractivity contribution in [3.8, 4) is 0 Å². The summed E-state index contributed by atoms with van der Waals surface area (Å²) < 4.78 is 1.21. The molecule has 2 rings (SSSR count). The minimum atomic E-state index is 0.758. The van der Waals surface area contributed by atoms with E-state index >= 15 is 0 Å². The first-order valence-corrected chi connectivity index (χ1v) is 8.64. The lowest BCUT2D eigenvalue weighted by Gasteiger charge is -2.27. The van der Waals surface area contributed by atoms with Crippen LogP contribution in [-0.2, 0) is 0 Å². The Kier molecular flexibility index (Phi) is 6.06. The van der Waals surface area contributed by atoms with E-state index in [1.165, 1.54) is 35.1 Å². The highest BCUT2D eigenvalue weighted by atomic mass is 79.9. The molecule has 3 heteroatoms. The Morgan fingerprint density at radius 2 is 2.17 bits per heavy atom. The highest BCUT2D eigenvalue weighted by Gasteiger charge is 2.17. The van der Waals surface area contributed by atoms with Gasteiger partial charge in [0.15, 0.2) is 0 Å². The molecule has 1 saturated carbocycles. The summed E-state index contributed by atoms with van der Waals surface area (Å²) in [7, 11) is 0. The summed E-state index contributed by atoms with van der Waals surface area (Å²) in [4.78, 5) is 1.34. The van der Waals surface area contributed by atoms with E-state index in [1.807, 2.05) is 11.8 Å². The van der Waals surface area contributed by atoms with Gasteiger partial charge in [-0.1, -0.05) is 31.9 Å². The molecule has 1 aliphatic rings. The third-order valence-corrected chi connectivity index (χ3v) is 5.59. The molecule has 1 aromatic carbocycles. The first kappa shape index (κ1) is 14.4. The zero-order valence-electron chi connectivity index (χ0n) is 11.0. The maximum Gasteiger partial charge on any atom is 0.0311 e. The van der Waals surface area contributed by atoms with E-state index < -0.39 is 0 Å². The van der Waals surface area contributed by atoms with Crippen molar-refractivity contribution < 1.29 is 0 Å². The number of hydrogen-bond acceptors (Lipinski definition) is 2. The molecule has 2 unspecified atom stereocenters. The molecular weight excluding hydrogens is 306 g/mol. The quantitative estimate of drug-likeness (QED) is 0.620. The topological polar surface area (TPSA) is 12.0 Å². The second-order valence-electron chi connectivity index (χ2n) is 5.20. The molecule has 0 aliphatic heterocycles. The predicted molar refractivity (Wildman–Crippen MR) is 84.3 cm³/mol. The molecule has 18 heavy (non-hydrogen) atoms. The van der Waals surface area contributed by atoms with Gasteiger partial charge in [-0.3, -0.25) is 0 Å². The van der Waals surface area contributed by atoms with Crippen LogP contribution in [0.1, 0.15) is 32.6 Å². The summed E-state index contributed by atoms with van der Waals surface area (Å²) in [6, 6.07) is 9.21. The predicted octanol–water partition coefficient (Wildman–Crippen LogP) is 4.71. The Labute approximate surface area is 123 Å². The van der Waals surface area contributed by atoms with Crippen LogP contribution in [0.2, 0.25) is 0 Å². The van der Waals surface area contributed by atoms with E-state index in [4.69, 9.17) is 0 Å². The van der Waals surface area contributed by atoms with Crippen LogP contribution < -0.4 is 5.32 Å². The lowest BCUT2D eigenvalue weighted by Crippen LogP contribution is -2.34. The maximum absolute atomic E-state index is 3.71. The van der Waals surface area contributed by atoms with Crippen LogP contribution in [0.4, 0.5) is 0 Å². The Balaban J connectivity index is 1.65. The highest BCUT2D eigenvalue weighted by molar-refractivity contribution is 9.10. The van der Waals surface area contributed by atoms with Crippen molar-refractivity contribution in [1.82, 2.24) is 5.32 Å². The zero-order chi connectivity index (χ0) is 12.8. The van der Waals surface area contributed by atoms with Gasteiger partial charge >= 0.3 is 0 Å². The minimum Gasteiger partial charge on any atom is -0.313 e. The molecule has 1 aromatic rings. The molecular formula is C15H22BrNS. The Bertz CT molecular complexity index is 369. The Hall–Kier alpha value is 0.01000. The van der Waals surface area contributed by atoms with Crippen molar-refractivity contribution >= 4 is 27.7 Å². The fraction of sp³-hybridized carbons (Fsp3) is 0.600. The molecule has 1 nitrogen and oxygen atoms in total. The molecule has 0 radical (unpaired) electrons. The lowest BCUT2D eigenvalue weighted by molar-refractivity contribution is 0.306. The molecule has 2 atom stereocenters. The number of rotatable bonds is 5. The molecule has 100 valence electrons. The first-order valence-electron chi connectivity index (χ1n) is 6.86. The molecule has 1 fully saturated rings. The van der Waals surface area contributed by atoms with Gasteiger partial charge in [-0.05, 0) is 46.8 Å². The maximum atomic E-state index is 3.71. The van der Waals surface area contributed by atoms with Crippen LogP contribution in [0.5, 0.6) is 0 Å². The van der Waals surface area contributed by atoms with Gasteiger partial charge in [0.2, 0.25) is 0 Å². The van der Waals surface area contributed by atoms with Crippen LogP contribution in [0.3, 0.4) is 0 Å².